The molecule has 1 nitrogen and oxygen atoms in total. The van der Waals surface area contributed by atoms with Crippen molar-refractivity contribution in [2.45, 2.75) is 44.6 Å². The highest BCUT2D eigenvalue weighted by Gasteiger charge is 2.22. The predicted octanol–water partition coefficient (Wildman–Crippen LogP) is 2.41. The van der Waals surface area contributed by atoms with E-state index in [1.165, 1.54) is 11.6 Å². The lowest BCUT2D eigenvalue weighted by atomic mass is 10.2. The minimum Gasteiger partial charge on any atom is -0.389 e. The van der Waals surface area contributed by atoms with Gasteiger partial charge in [0.25, 0.3) is 0 Å². The van der Waals surface area contributed by atoms with Crippen LogP contribution in [0.3, 0.4) is 0 Å². The average Bonchev–Trinajstić information content (AvgIpc) is 2.12. The second-order valence-corrected chi connectivity index (χ2v) is 10.1. The zero-order valence-corrected chi connectivity index (χ0v) is 8.72. The van der Waals surface area contributed by atoms with Gasteiger partial charge in [0.2, 0.25) is 0 Å². The van der Waals surface area contributed by atoms with Crippen molar-refractivity contribution in [3.8, 4) is 0 Å². The van der Waals surface area contributed by atoms with E-state index in [2.05, 4.69) is 25.7 Å². The van der Waals surface area contributed by atoms with E-state index in [1.807, 2.05) is 0 Å². The van der Waals surface area contributed by atoms with E-state index in [0.29, 0.717) is 0 Å². The molecular formula is C9H18OSi. The Labute approximate surface area is 70.1 Å². The Balaban J connectivity index is 2.49. The van der Waals surface area contributed by atoms with Crippen LogP contribution >= 0.6 is 0 Å². The Hall–Kier alpha value is -0.0831. The second kappa shape index (κ2) is 3.11. The third kappa shape index (κ3) is 2.79. The summed E-state index contributed by atoms with van der Waals surface area (Å²) in [7, 11) is -0.992. The topological polar surface area (TPSA) is 20.2 Å². The van der Waals surface area contributed by atoms with Crippen molar-refractivity contribution in [3.63, 3.8) is 0 Å². The van der Waals surface area contributed by atoms with Gasteiger partial charge in [0.1, 0.15) is 0 Å². The summed E-state index contributed by atoms with van der Waals surface area (Å²) in [6, 6.07) is 1.17. The van der Waals surface area contributed by atoms with Crippen LogP contribution in [0.15, 0.2) is 11.6 Å². The van der Waals surface area contributed by atoms with Crippen molar-refractivity contribution in [3.05, 3.63) is 11.6 Å². The Kier molecular flexibility index (Phi) is 2.55. The molecule has 1 rings (SSSR count). The third-order valence-electron chi connectivity index (χ3n) is 2.01. The summed E-state index contributed by atoms with van der Waals surface area (Å²) < 4.78 is 0. The molecule has 1 aliphatic rings. The molecule has 0 aromatic rings. The average molecular weight is 170 g/mol. The Bertz CT molecular complexity index is 167. The first-order valence-electron chi connectivity index (χ1n) is 4.36. The van der Waals surface area contributed by atoms with Gasteiger partial charge in [-0.05, 0) is 24.5 Å². The fourth-order valence-corrected chi connectivity index (χ4v) is 3.16. The first-order valence-corrected chi connectivity index (χ1v) is 8.07. The molecule has 1 N–H and O–H groups in total. The molecule has 0 radical (unpaired) electrons. The number of aliphatic hydroxyl groups is 1. The van der Waals surface area contributed by atoms with Gasteiger partial charge in [0.15, 0.2) is 0 Å². The van der Waals surface area contributed by atoms with Gasteiger partial charge in [-0.15, -0.1) is 0 Å². The second-order valence-electron chi connectivity index (χ2n) is 4.61. The molecule has 0 amide bonds. The predicted molar refractivity (Wildman–Crippen MR) is 51.5 cm³/mol. The van der Waals surface area contributed by atoms with Crippen LogP contribution in [0.2, 0.25) is 25.7 Å². The van der Waals surface area contributed by atoms with Gasteiger partial charge in [-0.25, -0.2) is 0 Å². The van der Waals surface area contributed by atoms with Gasteiger partial charge in [-0.1, -0.05) is 25.7 Å². The van der Waals surface area contributed by atoms with Crippen LogP contribution in [0.1, 0.15) is 12.8 Å². The van der Waals surface area contributed by atoms with E-state index in [-0.39, 0.29) is 6.10 Å². The largest absolute Gasteiger partial charge is 0.389 e. The van der Waals surface area contributed by atoms with E-state index in [0.717, 1.165) is 12.8 Å². The SMILES string of the molecule is C[Si](C)(C)CC1=CCCC1O. The maximum absolute atomic E-state index is 9.51. The first-order chi connectivity index (χ1) is 4.99. The first kappa shape index (κ1) is 9.01. The zero-order chi connectivity index (χ0) is 8.48. The minimum absolute atomic E-state index is 0.110. The van der Waals surface area contributed by atoms with E-state index in [1.54, 1.807) is 0 Å². The van der Waals surface area contributed by atoms with Gasteiger partial charge in [0.05, 0.1) is 6.10 Å². The molecule has 1 unspecified atom stereocenters. The van der Waals surface area contributed by atoms with E-state index in [4.69, 9.17) is 0 Å². The van der Waals surface area contributed by atoms with Gasteiger partial charge < -0.3 is 5.11 Å². The lowest BCUT2D eigenvalue weighted by molar-refractivity contribution is 0.211. The zero-order valence-electron chi connectivity index (χ0n) is 7.72. The van der Waals surface area contributed by atoms with Crippen molar-refractivity contribution >= 4 is 8.07 Å². The molecule has 64 valence electrons. The summed E-state index contributed by atoms with van der Waals surface area (Å²) in [6.45, 7) is 7.04. The summed E-state index contributed by atoms with van der Waals surface area (Å²) in [5.41, 5.74) is 1.31. The van der Waals surface area contributed by atoms with Crippen LogP contribution in [-0.2, 0) is 0 Å². The molecular weight excluding hydrogens is 152 g/mol. The van der Waals surface area contributed by atoms with Gasteiger partial charge >= 0.3 is 0 Å². The molecule has 0 fully saturated rings. The third-order valence-corrected chi connectivity index (χ3v) is 3.48. The summed E-state index contributed by atoms with van der Waals surface area (Å²) in [5.74, 6) is 0. The standard InChI is InChI=1S/C9H18OSi/c1-11(2,3)7-8-5-4-6-9(8)10/h5,9-10H,4,6-7H2,1-3H3. The molecule has 0 bridgehead atoms. The lowest BCUT2D eigenvalue weighted by Crippen LogP contribution is -2.22. The van der Waals surface area contributed by atoms with Gasteiger partial charge in [-0.3, -0.25) is 0 Å². The van der Waals surface area contributed by atoms with Crippen LogP contribution in [0.4, 0.5) is 0 Å². The number of allylic oxidation sites excluding steroid dienone is 1. The number of hydrogen-bond donors (Lipinski definition) is 1. The van der Waals surface area contributed by atoms with Crippen LogP contribution in [0.5, 0.6) is 0 Å². The van der Waals surface area contributed by atoms with Gasteiger partial charge in [-0.2, -0.15) is 0 Å². The summed E-state index contributed by atoms with van der Waals surface area (Å²) in [4.78, 5) is 0. The van der Waals surface area contributed by atoms with Crippen molar-refractivity contribution < 1.29 is 5.11 Å². The fourth-order valence-electron chi connectivity index (χ4n) is 1.55. The van der Waals surface area contributed by atoms with Crippen molar-refractivity contribution in [2.24, 2.45) is 0 Å². The van der Waals surface area contributed by atoms with Crippen LogP contribution in [0.25, 0.3) is 0 Å². The molecule has 0 heterocycles. The minimum atomic E-state index is -0.992. The Morgan fingerprint density at radius 2 is 2.18 bits per heavy atom. The molecule has 2 heteroatoms. The van der Waals surface area contributed by atoms with Crippen molar-refractivity contribution in [1.29, 1.82) is 0 Å². The Morgan fingerprint density at radius 3 is 2.55 bits per heavy atom. The molecule has 0 aliphatic heterocycles. The maximum atomic E-state index is 9.51. The van der Waals surface area contributed by atoms with E-state index in [9.17, 15) is 5.11 Å². The number of hydrogen-bond acceptors (Lipinski definition) is 1. The molecule has 0 aromatic heterocycles. The maximum Gasteiger partial charge on any atom is 0.0750 e. The fraction of sp³-hybridized carbons (Fsp3) is 0.778. The summed E-state index contributed by atoms with van der Waals surface area (Å²) >= 11 is 0. The monoisotopic (exact) mass is 170 g/mol. The highest BCUT2D eigenvalue weighted by atomic mass is 28.3. The van der Waals surface area contributed by atoms with E-state index >= 15 is 0 Å². The van der Waals surface area contributed by atoms with Crippen LogP contribution in [0, 0.1) is 0 Å². The lowest BCUT2D eigenvalue weighted by Gasteiger charge is -2.18. The quantitative estimate of drug-likeness (QED) is 0.498. The normalized spacial score (nSPS) is 25.5. The molecule has 0 spiro atoms. The van der Waals surface area contributed by atoms with Crippen molar-refractivity contribution in [1.82, 2.24) is 0 Å². The Morgan fingerprint density at radius 1 is 1.55 bits per heavy atom. The van der Waals surface area contributed by atoms with E-state index < -0.39 is 8.07 Å². The molecule has 0 saturated carbocycles. The summed E-state index contributed by atoms with van der Waals surface area (Å²) in [6.07, 6.45) is 4.16. The van der Waals surface area contributed by atoms with Crippen molar-refractivity contribution in [2.75, 3.05) is 0 Å². The number of aliphatic hydroxyl groups excluding tert-OH is 1. The van der Waals surface area contributed by atoms with Gasteiger partial charge in [0, 0.05) is 8.07 Å². The highest BCUT2D eigenvalue weighted by Crippen LogP contribution is 2.26. The smallest absolute Gasteiger partial charge is 0.0750 e. The summed E-state index contributed by atoms with van der Waals surface area (Å²) in [5, 5.41) is 9.51. The highest BCUT2D eigenvalue weighted by molar-refractivity contribution is 6.76. The van der Waals surface area contributed by atoms with Crippen LogP contribution in [-0.4, -0.2) is 19.3 Å². The molecule has 0 aromatic carbocycles. The molecule has 1 atom stereocenters. The van der Waals surface area contributed by atoms with Crippen LogP contribution < -0.4 is 0 Å². The molecule has 11 heavy (non-hydrogen) atoms. The molecule has 1 aliphatic carbocycles. The molecule has 0 saturated heterocycles. The number of rotatable bonds is 2.